The largest absolute Gasteiger partial charge is 0.376 e. The van der Waals surface area contributed by atoms with E-state index in [0.29, 0.717) is 31.6 Å². The minimum absolute atomic E-state index is 0.198. The maximum Gasteiger partial charge on any atom is 0.227 e. The highest BCUT2D eigenvalue weighted by Gasteiger charge is 2.29. The molecule has 0 aliphatic carbocycles. The van der Waals surface area contributed by atoms with Crippen molar-refractivity contribution in [3.05, 3.63) is 12.3 Å². The number of anilines is 2. The van der Waals surface area contributed by atoms with Crippen molar-refractivity contribution in [1.82, 2.24) is 9.97 Å². The summed E-state index contributed by atoms with van der Waals surface area (Å²) in [4.78, 5) is 11.0. The summed E-state index contributed by atoms with van der Waals surface area (Å²) in [6, 6.07) is 4.30. The first-order valence-corrected chi connectivity index (χ1v) is 8.64. The van der Waals surface area contributed by atoms with Gasteiger partial charge >= 0.3 is 0 Å². The topological polar surface area (TPSA) is 83.3 Å². The van der Waals surface area contributed by atoms with E-state index >= 15 is 0 Å². The molecule has 1 aromatic rings. The molecule has 0 radical (unpaired) electrons. The Balaban J connectivity index is 1.70. The Bertz CT molecular complexity index is 589. The molecule has 0 aromatic carbocycles. The van der Waals surface area contributed by atoms with Gasteiger partial charge in [-0.2, -0.15) is 10.2 Å². The van der Waals surface area contributed by atoms with E-state index in [1.165, 1.54) is 0 Å². The van der Waals surface area contributed by atoms with E-state index in [0.717, 1.165) is 25.3 Å². The number of nitrogens with one attached hydrogen (secondary N) is 1. The first kappa shape index (κ1) is 16.9. The zero-order valence-corrected chi connectivity index (χ0v) is 14.3. The molecule has 1 aromatic heterocycles. The van der Waals surface area contributed by atoms with E-state index in [-0.39, 0.29) is 12.1 Å². The van der Waals surface area contributed by atoms with Crippen molar-refractivity contribution in [1.29, 1.82) is 5.26 Å². The Morgan fingerprint density at radius 1 is 1.38 bits per heavy atom. The molecule has 3 rings (SSSR count). The van der Waals surface area contributed by atoms with Gasteiger partial charge in [0.15, 0.2) is 6.10 Å². The first-order chi connectivity index (χ1) is 11.7. The number of nitriles is 1. The minimum Gasteiger partial charge on any atom is -0.376 e. The highest BCUT2D eigenvalue weighted by molar-refractivity contribution is 5.42. The maximum atomic E-state index is 9.04. The van der Waals surface area contributed by atoms with Gasteiger partial charge in [0, 0.05) is 19.3 Å². The highest BCUT2D eigenvalue weighted by atomic mass is 16.5. The van der Waals surface area contributed by atoms with E-state index in [4.69, 9.17) is 14.7 Å². The third-order valence-corrected chi connectivity index (χ3v) is 4.49. The van der Waals surface area contributed by atoms with Crippen LogP contribution in [-0.2, 0) is 9.47 Å². The molecule has 0 amide bonds. The third-order valence-electron chi connectivity index (χ3n) is 4.49. The minimum atomic E-state index is -0.420. The van der Waals surface area contributed by atoms with Crippen molar-refractivity contribution in [3.63, 3.8) is 0 Å². The Morgan fingerprint density at radius 3 is 3.04 bits per heavy atom. The molecule has 2 aliphatic rings. The second-order valence-electron chi connectivity index (χ2n) is 6.65. The molecule has 24 heavy (non-hydrogen) atoms. The van der Waals surface area contributed by atoms with Crippen molar-refractivity contribution in [2.75, 3.05) is 36.5 Å². The monoisotopic (exact) mass is 331 g/mol. The zero-order chi connectivity index (χ0) is 16.9. The van der Waals surface area contributed by atoms with E-state index in [2.05, 4.69) is 35.2 Å². The summed E-state index contributed by atoms with van der Waals surface area (Å²) in [5.74, 6) is 1.90. The van der Waals surface area contributed by atoms with Gasteiger partial charge in [0.05, 0.1) is 31.4 Å². The van der Waals surface area contributed by atoms with Crippen LogP contribution in [-0.4, -0.2) is 54.5 Å². The molecule has 7 heteroatoms. The lowest BCUT2D eigenvalue weighted by Crippen LogP contribution is -2.44. The number of hydrogen-bond acceptors (Lipinski definition) is 7. The molecule has 130 valence electrons. The lowest BCUT2D eigenvalue weighted by Gasteiger charge is -2.35. The normalized spacial score (nSPS) is 27.8. The molecule has 3 heterocycles. The molecule has 2 fully saturated rings. The van der Waals surface area contributed by atoms with Gasteiger partial charge in [0.1, 0.15) is 5.82 Å². The molecule has 2 aliphatic heterocycles. The summed E-state index contributed by atoms with van der Waals surface area (Å²) in [7, 11) is 0. The molecular weight excluding hydrogens is 306 g/mol. The van der Waals surface area contributed by atoms with Gasteiger partial charge in [-0.05, 0) is 24.8 Å². The Hall–Kier alpha value is -1.91. The summed E-state index contributed by atoms with van der Waals surface area (Å²) in [6.07, 6.45) is 3.68. The molecular formula is C17H25N5O2. The number of rotatable bonds is 4. The van der Waals surface area contributed by atoms with E-state index in [1.54, 1.807) is 6.20 Å². The standard InChI is InChI=1S/C17H25N5O2/c1-12(2)16-14(4-3-8-24-16)20-15-5-6-19-17(21-15)22-7-9-23-13(10-18)11-22/h5-6,12-14,16H,3-4,7-9,11H2,1-2H3,(H,19,20,21)/t13-,14+,16+/m1/s1. The van der Waals surface area contributed by atoms with Crippen LogP contribution in [0.3, 0.4) is 0 Å². The van der Waals surface area contributed by atoms with Crippen LogP contribution in [0.1, 0.15) is 26.7 Å². The fourth-order valence-electron chi connectivity index (χ4n) is 3.29. The summed E-state index contributed by atoms with van der Waals surface area (Å²) >= 11 is 0. The van der Waals surface area contributed by atoms with Gasteiger partial charge in [-0.1, -0.05) is 13.8 Å². The van der Waals surface area contributed by atoms with Crippen LogP contribution in [0.15, 0.2) is 12.3 Å². The van der Waals surface area contributed by atoms with E-state index < -0.39 is 6.10 Å². The molecule has 0 bridgehead atoms. The van der Waals surface area contributed by atoms with Crippen LogP contribution in [0.5, 0.6) is 0 Å². The third kappa shape index (κ3) is 3.94. The number of morpholine rings is 1. The predicted molar refractivity (Wildman–Crippen MR) is 90.8 cm³/mol. The van der Waals surface area contributed by atoms with Gasteiger partial charge in [-0.3, -0.25) is 0 Å². The smallest absolute Gasteiger partial charge is 0.227 e. The Kier molecular flexibility index (Phi) is 5.48. The number of hydrogen-bond donors (Lipinski definition) is 1. The fraction of sp³-hybridized carbons (Fsp3) is 0.706. The van der Waals surface area contributed by atoms with Crippen molar-refractivity contribution >= 4 is 11.8 Å². The molecule has 7 nitrogen and oxygen atoms in total. The van der Waals surface area contributed by atoms with Crippen molar-refractivity contribution in [2.45, 2.75) is 44.9 Å². The van der Waals surface area contributed by atoms with Gasteiger partial charge in [-0.15, -0.1) is 0 Å². The Morgan fingerprint density at radius 2 is 2.25 bits per heavy atom. The highest BCUT2D eigenvalue weighted by Crippen LogP contribution is 2.24. The van der Waals surface area contributed by atoms with Gasteiger partial charge < -0.3 is 19.7 Å². The molecule has 3 atom stereocenters. The molecule has 0 spiro atoms. The predicted octanol–water partition coefficient (Wildman–Crippen LogP) is 1.82. The van der Waals surface area contributed by atoms with Crippen LogP contribution in [0.25, 0.3) is 0 Å². The average molecular weight is 331 g/mol. The van der Waals surface area contributed by atoms with Crippen LogP contribution in [0.2, 0.25) is 0 Å². The lowest BCUT2D eigenvalue weighted by molar-refractivity contribution is -0.0203. The lowest BCUT2D eigenvalue weighted by atomic mass is 9.94. The van der Waals surface area contributed by atoms with Crippen molar-refractivity contribution in [3.8, 4) is 6.07 Å². The second-order valence-corrected chi connectivity index (χ2v) is 6.65. The number of aromatic nitrogens is 2. The number of nitrogens with zero attached hydrogens (tertiary/aromatic N) is 4. The van der Waals surface area contributed by atoms with Crippen LogP contribution in [0.4, 0.5) is 11.8 Å². The van der Waals surface area contributed by atoms with Crippen LogP contribution in [0, 0.1) is 17.2 Å². The van der Waals surface area contributed by atoms with Gasteiger partial charge in [0.25, 0.3) is 0 Å². The summed E-state index contributed by atoms with van der Waals surface area (Å²) in [6.45, 7) is 6.92. The van der Waals surface area contributed by atoms with E-state index in [9.17, 15) is 0 Å². The Labute approximate surface area is 143 Å². The maximum absolute atomic E-state index is 9.04. The molecule has 0 saturated carbocycles. The van der Waals surface area contributed by atoms with Crippen LogP contribution >= 0.6 is 0 Å². The van der Waals surface area contributed by atoms with Gasteiger partial charge in [0.2, 0.25) is 5.95 Å². The molecule has 1 N–H and O–H groups in total. The fourth-order valence-corrected chi connectivity index (χ4v) is 3.29. The van der Waals surface area contributed by atoms with Crippen LogP contribution < -0.4 is 10.2 Å². The van der Waals surface area contributed by atoms with Crippen molar-refractivity contribution < 1.29 is 9.47 Å². The second kappa shape index (κ2) is 7.77. The molecule has 2 saturated heterocycles. The number of ether oxygens (including phenoxy) is 2. The summed E-state index contributed by atoms with van der Waals surface area (Å²) in [5, 5.41) is 12.6. The quantitative estimate of drug-likeness (QED) is 0.901. The molecule has 0 unspecified atom stereocenters. The summed E-state index contributed by atoms with van der Waals surface area (Å²) in [5.41, 5.74) is 0. The van der Waals surface area contributed by atoms with Crippen molar-refractivity contribution in [2.24, 2.45) is 5.92 Å². The van der Waals surface area contributed by atoms with E-state index in [1.807, 2.05) is 11.0 Å². The SMILES string of the molecule is CC(C)[C@@H]1OCCC[C@@H]1Nc1ccnc(N2CCO[C@H](C#N)C2)n1. The van der Waals surface area contributed by atoms with Gasteiger partial charge in [-0.25, -0.2) is 4.98 Å². The average Bonchev–Trinajstić information content (AvgIpc) is 2.62. The zero-order valence-electron chi connectivity index (χ0n) is 14.3. The summed E-state index contributed by atoms with van der Waals surface area (Å²) < 4.78 is 11.3. The first-order valence-electron chi connectivity index (χ1n) is 8.64.